The number of hydrogen-bond donors (Lipinski definition) is 2. The minimum atomic E-state index is -0.993. The lowest BCUT2D eigenvalue weighted by molar-refractivity contribution is -0.139. The molecule has 2 aromatic rings. The molecule has 0 saturated carbocycles. The molecule has 2 rings (SSSR count). The highest BCUT2D eigenvalue weighted by molar-refractivity contribution is 5.68. The number of benzene rings is 2. The van der Waals surface area contributed by atoms with Crippen LogP contribution in [0.25, 0.3) is 0 Å². The quantitative estimate of drug-likeness (QED) is 0.819. The minimum absolute atomic E-state index is 0.348. The molecule has 0 radical (unpaired) electrons. The van der Waals surface area contributed by atoms with E-state index >= 15 is 0 Å². The molecule has 5 nitrogen and oxygen atoms in total. The summed E-state index contributed by atoms with van der Waals surface area (Å²) in [5.41, 5.74) is 1.85. The summed E-state index contributed by atoms with van der Waals surface area (Å²) in [6, 6.07) is 14.9. The molecular weight excluding hydrogens is 270 g/mol. The van der Waals surface area contributed by atoms with Crippen molar-refractivity contribution in [1.29, 1.82) is 0 Å². The van der Waals surface area contributed by atoms with Crippen LogP contribution in [0.3, 0.4) is 0 Å². The monoisotopic (exact) mass is 287 g/mol. The van der Waals surface area contributed by atoms with Crippen molar-refractivity contribution in [3.63, 3.8) is 0 Å². The van der Waals surface area contributed by atoms with Crippen LogP contribution in [0.1, 0.15) is 5.56 Å². The summed E-state index contributed by atoms with van der Waals surface area (Å²) in [7, 11) is 1.62. The van der Waals surface area contributed by atoms with Crippen LogP contribution in [0.5, 0.6) is 11.5 Å². The molecule has 0 saturated heterocycles. The molecule has 2 N–H and O–H groups in total. The largest absolute Gasteiger partial charge is 0.497 e. The van der Waals surface area contributed by atoms with Gasteiger partial charge in [-0.2, -0.15) is 0 Å². The topological polar surface area (TPSA) is 67.8 Å². The molecule has 0 spiro atoms. The lowest BCUT2D eigenvalue weighted by atomic mass is 10.2. The van der Waals surface area contributed by atoms with Crippen molar-refractivity contribution in [2.24, 2.45) is 0 Å². The smallest absolute Gasteiger partial charge is 0.341 e. The van der Waals surface area contributed by atoms with Gasteiger partial charge in [0, 0.05) is 17.8 Å². The molecule has 0 fully saturated rings. The normalized spacial score (nSPS) is 9.95. The van der Waals surface area contributed by atoms with E-state index in [2.05, 4.69) is 5.32 Å². The lowest BCUT2D eigenvalue weighted by Crippen LogP contribution is -2.11. The Morgan fingerprint density at radius 2 is 1.86 bits per heavy atom. The van der Waals surface area contributed by atoms with Gasteiger partial charge in [-0.25, -0.2) is 4.79 Å². The molecule has 0 amide bonds. The molecule has 0 aliphatic rings. The van der Waals surface area contributed by atoms with Crippen molar-refractivity contribution in [2.75, 3.05) is 19.0 Å². The average molecular weight is 287 g/mol. The third-order valence-electron chi connectivity index (χ3n) is 2.90. The van der Waals surface area contributed by atoms with E-state index in [1.54, 1.807) is 13.2 Å². The number of carboxylic acid groups (broad SMARTS) is 1. The Balaban J connectivity index is 2.00. The van der Waals surface area contributed by atoms with E-state index in [0.717, 1.165) is 17.0 Å². The maximum Gasteiger partial charge on any atom is 0.341 e. The number of para-hydroxylation sites is 1. The van der Waals surface area contributed by atoms with Gasteiger partial charge in [-0.15, -0.1) is 0 Å². The van der Waals surface area contributed by atoms with Crippen LogP contribution in [0.15, 0.2) is 48.5 Å². The van der Waals surface area contributed by atoms with Crippen LogP contribution in [0.2, 0.25) is 0 Å². The molecule has 0 aromatic heterocycles. The Labute approximate surface area is 123 Å². The highest BCUT2D eigenvalue weighted by Gasteiger charge is 2.05. The number of methoxy groups -OCH3 is 1. The predicted octanol–water partition coefficient (Wildman–Crippen LogP) is 2.77. The van der Waals surface area contributed by atoms with Crippen LogP contribution in [0, 0.1) is 0 Å². The first kappa shape index (κ1) is 14.7. The summed E-state index contributed by atoms with van der Waals surface area (Å²) in [4.78, 5) is 10.6. The van der Waals surface area contributed by atoms with Crippen molar-refractivity contribution in [3.8, 4) is 11.5 Å². The van der Waals surface area contributed by atoms with Gasteiger partial charge in [-0.3, -0.25) is 0 Å². The first-order valence-electron chi connectivity index (χ1n) is 6.49. The number of ether oxygens (including phenoxy) is 2. The van der Waals surface area contributed by atoms with E-state index in [1.807, 2.05) is 42.5 Å². The Morgan fingerprint density at radius 1 is 1.14 bits per heavy atom. The second kappa shape index (κ2) is 7.19. The fourth-order valence-corrected chi connectivity index (χ4v) is 1.84. The standard InChI is InChI=1S/C16H17NO4/c1-20-14-8-6-13(7-9-14)17-10-12-4-2-3-5-15(12)21-11-16(18)19/h2-9,17H,10-11H2,1H3,(H,18,19). The molecule has 0 aliphatic carbocycles. The van der Waals surface area contributed by atoms with Crippen LogP contribution in [-0.2, 0) is 11.3 Å². The number of rotatable bonds is 7. The molecule has 110 valence electrons. The van der Waals surface area contributed by atoms with Crippen molar-refractivity contribution in [1.82, 2.24) is 0 Å². The fourth-order valence-electron chi connectivity index (χ4n) is 1.84. The summed E-state index contributed by atoms with van der Waals surface area (Å²) < 4.78 is 10.4. The average Bonchev–Trinajstić information content (AvgIpc) is 2.52. The van der Waals surface area contributed by atoms with Crippen LogP contribution in [0.4, 0.5) is 5.69 Å². The zero-order valence-corrected chi connectivity index (χ0v) is 11.7. The molecule has 0 unspecified atom stereocenters. The molecule has 21 heavy (non-hydrogen) atoms. The molecule has 5 heteroatoms. The van der Waals surface area contributed by atoms with E-state index in [4.69, 9.17) is 14.6 Å². The van der Waals surface area contributed by atoms with Gasteiger partial charge >= 0.3 is 5.97 Å². The first-order chi connectivity index (χ1) is 10.2. The number of aliphatic carboxylic acids is 1. The van der Waals surface area contributed by atoms with Gasteiger partial charge in [-0.05, 0) is 30.3 Å². The highest BCUT2D eigenvalue weighted by Crippen LogP contribution is 2.20. The SMILES string of the molecule is COc1ccc(NCc2ccccc2OCC(=O)O)cc1. The van der Waals surface area contributed by atoms with Gasteiger partial charge in [-0.1, -0.05) is 18.2 Å². The Hall–Kier alpha value is -2.69. The molecule has 0 bridgehead atoms. The Kier molecular flexibility index (Phi) is 5.04. The zero-order valence-electron chi connectivity index (χ0n) is 11.7. The number of carboxylic acids is 1. The Morgan fingerprint density at radius 3 is 2.52 bits per heavy atom. The first-order valence-corrected chi connectivity index (χ1v) is 6.49. The second-order valence-electron chi connectivity index (χ2n) is 4.37. The van der Waals surface area contributed by atoms with E-state index < -0.39 is 5.97 Å². The lowest BCUT2D eigenvalue weighted by Gasteiger charge is -2.12. The minimum Gasteiger partial charge on any atom is -0.497 e. The predicted molar refractivity (Wildman–Crippen MR) is 79.9 cm³/mol. The number of hydrogen-bond acceptors (Lipinski definition) is 4. The van der Waals surface area contributed by atoms with Gasteiger partial charge in [0.1, 0.15) is 11.5 Å². The third-order valence-corrected chi connectivity index (χ3v) is 2.90. The maximum absolute atomic E-state index is 10.6. The van der Waals surface area contributed by atoms with Crippen molar-refractivity contribution < 1.29 is 19.4 Å². The molecular formula is C16H17NO4. The third kappa shape index (κ3) is 4.42. The van der Waals surface area contributed by atoms with E-state index in [1.165, 1.54) is 0 Å². The maximum atomic E-state index is 10.6. The summed E-state index contributed by atoms with van der Waals surface area (Å²) >= 11 is 0. The van der Waals surface area contributed by atoms with Gasteiger partial charge in [0.15, 0.2) is 6.61 Å². The van der Waals surface area contributed by atoms with E-state index in [0.29, 0.717) is 12.3 Å². The van der Waals surface area contributed by atoms with Crippen LogP contribution >= 0.6 is 0 Å². The molecule has 0 atom stereocenters. The van der Waals surface area contributed by atoms with Gasteiger partial charge in [0.2, 0.25) is 0 Å². The summed E-state index contributed by atoms with van der Waals surface area (Å²) in [6.45, 7) is 0.196. The van der Waals surface area contributed by atoms with Gasteiger partial charge in [0.05, 0.1) is 7.11 Å². The number of carbonyl (C=O) groups is 1. The summed E-state index contributed by atoms with van der Waals surface area (Å²) in [5, 5.41) is 11.9. The zero-order chi connectivity index (χ0) is 15.1. The second-order valence-corrected chi connectivity index (χ2v) is 4.37. The molecule has 2 aromatic carbocycles. The van der Waals surface area contributed by atoms with E-state index in [9.17, 15) is 4.79 Å². The fraction of sp³-hybridized carbons (Fsp3) is 0.188. The highest BCUT2D eigenvalue weighted by atomic mass is 16.5. The molecule has 0 heterocycles. The van der Waals surface area contributed by atoms with Crippen LogP contribution in [-0.4, -0.2) is 24.8 Å². The van der Waals surface area contributed by atoms with Crippen molar-refractivity contribution in [2.45, 2.75) is 6.54 Å². The summed E-state index contributed by atoms with van der Waals surface area (Å²) in [5.74, 6) is 0.375. The van der Waals surface area contributed by atoms with Gasteiger partial charge < -0.3 is 19.9 Å². The molecule has 0 aliphatic heterocycles. The van der Waals surface area contributed by atoms with Gasteiger partial charge in [0.25, 0.3) is 0 Å². The van der Waals surface area contributed by atoms with E-state index in [-0.39, 0.29) is 6.61 Å². The number of nitrogens with one attached hydrogen (secondary N) is 1. The van der Waals surface area contributed by atoms with Crippen molar-refractivity contribution in [3.05, 3.63) is 54.1 Å². The summed E-state index contributed by atoms with van der Waals surface area (Å²) in [6.07, 6.45) is 0. The van der Waals surface area contributed by atoms with Crippen LogP contribution < -0.4 is 14.8 Å². The number of anilines is 1. The Bertz CT molecular complexity index is 595. The van der Waals surface area contributed by atoms with Crippen molar-refractivity contribution >= 4 is 11.7 Å².